The van der Waals surface area contributed by atoms with Crippen LogP contribution in [-0.4, -0.2) is 17.4 Å². The van der Waals surface area contributed by atoms with Gasteiger partial charge in [-0.2, -0.15) is 5.26 Å². The van der Waals surface area contributed by atoms with Crippen LogP contribution in [0, 0.1) is 11.3 Å². The van der Waals surface area contributed by atoms with Gasteiger partial charge in [0.05, 0.1) is 12.1 Å². The molecule has 0 aliphatic carbocycles. The smallest absolute Gasteiger partial charge is 0.237 e. The summed E-state index contributed by atoms with van der Waals surface area (Å²) in [5.41, 5.74) is 1.25. The lowest BCUT2D eigenvalue weighted by Gasteiger charge is -2.33. The van der Waals surface area contributed by atoms with Gasteiger partial charge in [-0.25, -0.2) is 0 Å². The second-order valence-corrected chi connectivity index (χ2v) is 4.65. The van der Waals surface area contributed by atoms with Crippen LogP contribution in [0.3, 0.4) is 0 Å². The normalized spacial score (nSPS) is 19.5. The van der Waals surface area contributed by atoms with Gasteiger partial charge >= 0.3 is 0 Å². The van der Waals surface area contributed by atoms with Gasteiger partial charge in [-0.3, -0.25) is 4.79 Å². The van der Waals surface area contributed by atoms with Gasteiger partial charge in [-0.05, 0) is 30.4 Å². The van der Waals surface area contributed by atoms with Gasteiger partial charge in [0.1, 0.15) is 6.42 Å². The number of nitriles is 1. The number of carbonyl (C=O) groups excluding carboxylic acids is 1. The number of rotatable bonds is 1. The molecule has 0 saturated carbocycles. The van der Waals surface area contributed by atoms with Crippen molar-refractivity contribution in [2.75, 3.05) is 6.54 Å². The first-order valence-electron chi connectivity index (χ1n) is 4.96. The lowest BCUT2D eigenvalue weighted by molar-refractivity contribution is -0.132. The van der Waals surface area contributed by atoms with E-state index in [1.54, 1.807) is 16.2 Å². The standard InChI is InChI=1S/C11H12N2OS/c1-8-9-4-7-15-10(9)3-6-13(8)11(14)2-5-12/h4,7-8H,2-3,6H2,1H3. The molecule has 0 N–H and O–H groups in total. The minimum Gasteiger partial charge on any atom is -0.335 e. The maximum atomic E-state index is 11.6. The Balaban J connectivity index is 2.20. The molecule has 2 rings (SSSR count). The Kier molecular flexibility index (Phi) is 2.74. The number of hydrogen-bond acceptors (Lipinski definition) is 3. The number of thiophene rings is 1. The van der Waals surface area contributed by atoms with Gasteiger partial charge in [-0.15, -0.1) is 11.3 Å². The molecule has 3 nitrogen and oxygen atoms in total. The molecule has 1 unspecified atom stereocenters. The summed E-state index contributed by atoms with van der Waals surface area (Å²) in [4.78, 5) is 14.8. The highest BCUT2D eigenvalue weighted by Gasteiger charge is 2.27. The number of nitrogens with zero attached hydrogens (tertiary/aromatic N) is 2. The lowest BCUT2D eigenvalue weighted by Crippen LogP contribution is -2.37. The van der Waals surface area contributed by atoms with Crippen molar-refractivity contribution >= 4 is 17.2 Å². The summed E-state index contributed by atoms with van der Waals surface area (Å²) in [6, 6.07) is 4.12. The van der Waals surface area contributed by atoms with Crippen LogP contribution in [0.4, 0.5) is 0 Å². The molecule has 0 saturated heterocycles. The summed E-state index contributed by atoms with van der Waals surface area (Å²) in [7, 11) is 0. The third kappa shape index (κ3) is 1.75. The maximum Gasteiger partial charge on any atom is 0.237 e. The van der Waals surface area contributed by atoms with Crippen LogP contribution in [0.5, 0.6) is 0 Å². The number of hydrogen-bond donors (Lipinski definition) is 0. The van der Waals surface area contributed by atoms with E-state index in [2.05, 4.69) is 11.4 Å². The van der Waals surface area contributed by atoms with E-state index in [1.165, 1.54) is 10.4 Å². The average molecular weight is 220 g/mol. The molecular formula is C11H12N2OS. The van der Waals surface area contributed by atoms with E-state index in [9.17, 15) is 4.79 Å². The van der Waals surface area contributed by atoms with E-state index in [4.69, 9.17) is 5.26 Å². The van der Waals surface area contributed by atoms with Crippen LogP contribution in [0.15, 0.2) is 11.4 Å². The van der Waals surface area contributed by atoms with Crippen molar-refractivity contribution in [2.24, 2.45) is 0 Å². The SMILES string of the molecule is CC1c2ccsc2CCN1C(=O)CC#N. The van der Waals surface area contributed by atoms with Crippen molar-refractivity contribution in [3.8, 4) is 6.07 Å². The Morgan fingerprint density at radius 3 is 3.33 bits per heavy atom. The Morgan fingerprint density at radius 1 is 1.80 bits per heavy atom. The van der Waals surface area contributed by atoms with Crippen molar-refractivity contribution < 1.29 is 4.79 Å². The maximum absolute atomic E-state index is 11.6. The fraction of sp³-hybridized carbons (Fsp3) is 0.455. The molecule has 78 valence electrons. The van der Waals surface area contributed by atoms with Gasteiger partial charge < -0.3 is 4.90 Å². The summed E-state index contributed by atoms with van der Waals surface area (Å²) >= 11 is 1.75. The van der Waals surface area contributed by atoms with Crippen LogP contribution >= 0.6 is 11.3 Å². The van der Waals surface area contributed by atoms with E-state index in [-0.39, 0.29) is 18.4 Å². The second-order valence-electron chi connectivity index (χ2n) is 3.65. The molecule has 0 bridgehead atoms. The number of amides is 1. The van der Waals surface area contributed by atoms with Crippen LogP contribution in [0.2, 0.25) is 0 Å². The predicted octanol–water partition coefficient (Wildman–Crippen LogP) is 2.11. The summed E-state index contributed by atoms with van der Waals surface area (Å²) < 4.78 is 0. The molecule has 1 aromatic rings. The largest absolute Gasteiger partial charge is 0.335 e. The first-order valence-corrected chi connectivity index (χ1v) is 5.84. The van der Waals surface area contributed by atoms with Crippen molar-refractivity contribution in [3.05, 3.63) is 21.9 Å². The molecule has 1 aliphatic heterocycles. The molecular weight excluding hydrogens is 208 g/mol. The summed E-state index contributed by atoms with van der Waals surface area (Å²) in [6.07, 6.45) is 0.915. The zero-order valence-corrected chi connectivity index (χ0v) is 9.38. The van der Waals surface area contributed by atoms with Crippen LogP contribution in [-0.2, 0) is 11.2 Å². The monoisotopic (exact) mass is 220 g/mol. The van der Waals surface area contributed by atoms with Crippen LogP contribution in [0.25, 0.3) is 0 Å². The average Bonchev–Trinajstić information content (AvgIpc) is 2.67. The van der Waals surface area contributed by atoms with Gasteiger partial charge in [-0.1, -0.05) is 0 Å². The molecule has 4 heteroatoms. The van der Waals surface area contributed by atoms with E-state index in [0.717, 1.165) is 13.0 Å². The molecule has 2 heterocycles. The first-order chi connectivity index (χ1) is 7.24. The van der Waals surface area contributed by atoms with E-state index < -0.39 is 0 Å². The van der Waals surface area contributed by atoms with Crippen LogP contribution < -0.4 is 0 Å². The van der Waals surface area contributed by atoms with Gasteiger partial charge in [0, 0.05) is 11.4 Å². The second kappa shape index (κ2) is 4.03. The van der Waals surface area contributed by atoms with E-state index >= 15 is 0 Å². The molecule has 1 aromatic heterocycles. The zero-order chi connectivity index (χ0) is 10.8. The molecule has 15 heavy (non-hydrogen) atoms. The fourth-order valence-corrected chi connectivity index (χ4v) is 2.98. The number of fused-ring (bicyclic) bond motifs is 1. The Bertz CT molecular complexity index is 418. The van der Waals surface area contributed by atoms with Crippen molar-refractivity contribution in [3.63, 3.8) is 0 Å². The van der Waals surface area contributed by atoms with E-state index in [0.29, 0.717) is 0 Å². The van der Waals surface area contributed by atoms with Gasteiger partial charge in [0.2, 0.25) is 5.91 Å². The third-order valence-corrected chi connectivity index (χ3v) is 3.82. The molecule has 1 aliphatic rings. The third-order valence-electron chi connectivity index (χ3n) is 2.83. The molecule has 0 radical (unpaired) electrons. The highest BCUT2D eigenvalue weighted by Crippen LogP contribution is 2.32. The summed E-state index contributed by atoms with van der Waals surface area (Å²) in [5.74, 6) is -0.0538. The molecule has 0 aromatic carbocycles. The highest BCUT2D eigenvalue weighted by molar-refractivity contribution is 7.10. The molecule has 1 atom stereocenters. The first kappa shape index (κ1) is 10.2. The quantitative estimate of drug-likeness (QED) is 0.727. The minimum atomic E-state index is -0.0538. The number of carbonyl (C=O) groups is 1. The van der Waals surface area contributed by atoms with Crippen molar-refractivity contribution in [2.45, 2.75) is 25.8 Å². The Hall–Kier alpha value is -1.34. The topological polar surface area (TPSA) is 44.1 Å². The van der Waals surface area contributed by atoms with Crippen molar-refractivity contribution in [1.29, 1.82) is 5.26 Å². The Morgan fingerprint density at radius 2 is 2.60 bits per heavy atom. The molecule has 0 fully saturated rings. The van der Waals surface area contributed by atoms with Gasteiger partial charge in [0.25, 0.3) is 0 Å². The fourth-order valence-electron chi connectivity index (χ4n) is 2.02. The predicted molar refractivity (Wildman–Crippen MR) is 58.4 cm³/mol. The zero-order valence-electron chi connectivity index (χ0n) is 8.56. The Labute approximate surface area is 92.9 Å². The summed E-state index contributed by atoms with van der Waals surface area (Å²) in [6.45, 7) is 2.77. The lowest BCUT2D eigenvalue weighted by atomic mass is 10.0. The van der Waals surface area contributed by atoms with Gasteiger partial charge in [0.15, 0.2) is 0 Å². The highest BCUT2D eigenvalue weighted by atomic mass is 32.1. The summed E-state index contributed by atoms with van der Waals surface area (Å²) in [5, 5.41) is 10.6. The molecule has 0 spiro atoms. The van der Waals surface area contributed by atoms with Crippen LogP contribution in [0.1, 0.15) is 29.8 Å². The minimum absolute atomic E-state index is 0.0101. The van der Waals surface area contributed by atoms with Crippen molar-refractivity contribution in [1.82, 2.24) is 4.90 Å². The molecule has 1 amide bonds. The van der Waals surface area contributed by atoms with E-state index in [1.807, 2.05) is 13.0 Å².